The van der Waals surface area contributed by atoms with Gasteiger partial charge in [0, 0.05) is 6.61 Å². The van der Waals surface area contributed by atoms with Crippen molar-refractivity contribution in [3.8, 4) is 0 Å². The third kappa shape index (κ3) is 2.15. The summed E-state index contributed by atoms with van der Waals surface area (Å²) in [7, 11) is 0. The van der Waals surface area contributed by atoms with Crippen molar-refractivity contribution in [2.24, 2.45) is 0 Å². The maximum absolute atomic E-state index is 12.4. The monoisotopic (exact) mass is 284 g/mol. The lowest BCUT2D eigenvalue weighted by molar-refractivity contribution is -0.126. The molecule has 1 fully saturated rings. The molecule has 2 N–H and O–H groups in total. The van der Waals surface area contributed by atoms with Crippen molar-refractivity contribution in [1.29, 1.82) is 0 Å². The lowest BCUT2D eigenvalue weighted by Crippen LogP contribution is -2.48. The van der Waals surface area contributed by atoms with Gasteiger partial charge in [-0.15, -0.1) is 0 Å². The van der Waals surface area contributed by atoms with Gasteiger partial charge in [0.15, 0.2) is 5.54 Å². The predicted molar refractivity (Wildman–Crippen MR) is 78.8 cm³/mol. The zero-order valence-corrected chi connectivity index (χ0v) is 11.7. The van der Waals surface area contributed by atoms with Gasteiger partial charge < -0.3 is 10.1 Å². The van der Waals surface area contributed by atoms with Crippen LogP contribution in [0.4, 0.5) is 4.79 Å². The molecule has 0 aliphatic carbocycles. The summed E-state index contributed by atoms with van der Waals surface area (Å²) in [6.07, 6.45) is 0. The Morgan fingerprint density at radius 1 is 1.10 bits per heavy atom. The van der Waals surface area contributed by atoms with E-state index in [0.717, 1.165) is 16.3 Å². The van der Waals surface area contributed by atoms with Crippen molar-refractivity contribution in [2.45, 2.75) is 12.5 Å². The van der Waals surface area contributed by atoms with E-state index in [1.54, 1.807) is 0 Å². The van der Waals surface area contributed by atoms with Crippen molar-refractivity contribution in [3.63, 3.8) is 0 Å². The van der Waals surface area contributed by atoms with Gasteiger partial charge in [-0.3, -0.25) is 10.1 Å². The molecule has 1 unspecified atom stereocenters. The fourth-order valence-electron chi connectivity index (χ4n) is 2.71. The molecule has 1 saturated heterocycles. The Balaban J connectivity index is 2.20. The predicted octanol–water partition coefficient (Wildman–Crippen LogP) is 1.91. The first-order valence-corrected chi connectivity index (χ1v) is 6.87. The Morgan fingerprint density at radius 2 is 1.86 bits per heavy atom. The highest BCUT2D eigenvalue weighted by atomic mass is 16.5. The van der Waals surface area contributed by atoms with E-state index in [0.29, 0.717) is 6.61 Å². The van der Waals surface area contributed by atoms with Crippen LogP contribution in [0.5, 0.6) is 0 Å². The van der Waals surface area contributed by atoms with E-state index in [9.17, 15) is 9.59 Å². The summed E-state index contributed by atoms with van der Waals surface area (Å²) in [4.78, 5) is 24.0. The zero-order chi connectivity index (χ0) is 14.9. The van der Waals surface area contributed by atoms with Crippen molar-refractivity contribution < 1.29 is 14.3 Å². The van der Waals surface area contributed by atoms with E-state index < -0.39 is 11.6 Å². The number of nitrogens with one attached hydrogen (secondary N) is 2. The number of amides is 3. The van der Waals surface area contributed by atoms with Crippen LogP contribution in [0, 0.1) is 0 Å². The minimum atomic E-state index is -1.17. The molecule has 2 aromatic carbocycles. The zero-order valence-electron chi connectivity index (χ0n) is 11.7. The molecule has 5 nitrogen and oxygen atoms in total. The Labute approximate surface area is 122 Å². The molecule has 1 atom stereocenters. The quantitative estimate of drug-likeness (QED) is 0.843. The van der Waals surface area contributed by atoms with Gasteiger partial charge in [0.05, 0.1) is 6.61 Å². The molecule has 3 amide bonds. The van der Waals surface area contributed by atoms with Crippen LogP contribution in [0.15, 0.2) is 42.5 Å². The largest absolute Gasteiger partial charge is 0.378 e. The first-order chi connectivity index (χ1) is 10.2. The van der Waals surface area contributed by atoms with Crippen LogP contribution in [0.25, 0.3) is 10.8 Å². The highest BCUT2D eigenvalue weighted by molar-refractivity contribution is 6.09. The average Bonchev–Trinajstić information content (AvgIpc) is 2.79. The molecule has 5 heteroatoms. The number of ether oxygens (including phenoxy) is 1. The highest BCUT2D eigenvalue weighted by Gasteiger charge is 2.48. The van der Waals surface area contributed by atoms with E-state index in [1.807, 2.05) is 49.4 Å². The second-order valence-corrected chi connectivity index (χ2v) is 4.98. The van der Waals surface area contributed by atoms with Gasteiger partial charge >= 0.3 is 6.03 Å². The van der Waals surface area contributed by atoms with Gasteiger partial charge in [-0.2, -0.15) is 0 Å². The Kier molecular flexibility index (Phi) is 3.35. The van der Waals surface area contributed by atoms with E-state index in [-0.39, 0.29) is 12.5 Å². The van der Waals surface area contributed by atoms with Gasteiger partial charge in [-0.1, -0.05) is 42.5 Å². The van der Waals surface area contributed by atoms with E-state index in [1.165, 1.54) is 0 Å². The topological polar surface area (TPSA) is 67.4 Å². The summed E-state index contributed by atoms with van der Waals surface area (Å²) in [5.74, 6) is -0.377. The average molecular weight is 284 g/mol. The third-order valence-electron chi connectivity index (χ3n) is 3.71. The van der Waals surface area contributed by atoms with Crippen molar-refractivity contribution >= 4 is 22.7 Å². The van der Waals surface area contributed by atoms with Crippen LogP contribution in [0.3, 0.4) is 0 Å². The van der Waals surface area contributed by atoms with E-state index >= 15 is 0 Å². The van der Waals surface area contributed by atoms with Gasteiger partial charge in [-0.25, -0.2) is 4.79 Å². The maximum Gasteiger partial charge on any atom is 0.322 e. The molecule has 0 aromatic heterocycles. The lowest BCUT2D eigenvalue weighted by atomic mass is 9.87. The summed E-state index contributed by atoms with van der Waals surface area (Å²) < 4.78 is 5.47. The minimum Gasteiger partial charge on any atom is -0.378 e. The summed E-state index contributed by atoms with van der Waals surface area (Å²) in [5, 5.41) is 6.99. The molecule has 2 aromatic rings. The highest BCUT2D eigenvalue weighted by Crippen LogP contribution is 2.31. The van der Waals surface area contributed by atoms with Crippen LogP contribution in [0.2, 0.25) is 0 Å². The van der Waals surface area contributed by atoms with Crippen molar-refractivity contribution in [2.75, 3.05) is 13.2 Å². The minimum absolute atomic E-state index is 0.106. The fourth-order valence-corrected chi connectivity index (χ4v) is 2.71. The third-order valence-corrected chi connectivity index (χ3v) is 3.71. The molecule has 1 aliphatic rings. The van der Waals surface area contributed by atoms with Crippen LogP contribution in [-0.4, -0.2) is 25.2 Å². The van der Waals surface area contributed by atoms with E-state index in [2.05, 4.69) is 10.6 Å². The van der Waals surface area contributed by atoms with Crippen molar-refractivity contribution in [3.05, 3.63) is 48.0 Å². The maximum atomic E-state index is 12.4. The number of imide groups is 1. The van der Waals surface area contributed by atoms with Gasteiger partial charge in [0.25, 0.3) is 5.91 Å². The first kappa shape index (κ1) is 13.6. The molecular formula is C16H16N2O3. The fraction of sp³-hybridized carbons (Fsp3) is 0.250. The number of fused-ring (bicyclic) bond motifs is 1. The Bertz CT molecular complexity index is 708. The standard InChI is InChI=1S/C16H16N2O3/c1-2-21-10-16(14(19)17-15(20)18-16)13-9-5-7-11-6-3-4-8-12(11)13/h3-9H,2,10H2,1H3,(H2,17,18,19,20). The van der Waals surface area contributed by atoms with Gasteiger partial charge in [0.1, 0.15) is 0 Å². The number of hydrogen-bond acceptors (Lipinski definition) is 3. The molecule has 21 heavy (non-hydrogen) atoms. The molecule has 0 bridgehead atoms. The van der Waals surface area contributed by atoms with Gasteiger partial charge in [0.2, 0.25) is 0 Å². The van der Waals surface area contributed by atoms with Crippen LogP contribution < -0.4 is 10.6 Å². The smallest absolute Gasteiger partial charge is 0.322 e. The second-order valence-electron chi connectivity index (χ2n) is 4.98. The van der Waals surface area contributed by atoms with E-state index in [4.69, 9.17) is 4.74 Å². The number of urea groups is 1. The number of rotatable bonds is 4. The Hall–Kier alpha value is -2.40. The number of hydrogen-bond donors (Lipinski definition) is 2. The molecule has 0 radical (unpaired) electrons. The van der Waals surface area contributed by atoms with Crippen LogP contribution in [0.1, 0.15) is 12.5 Å². The van der Waals surface area contributed by atoms with Crippen LogP contribution in [-0.2, 0) is 15.1 Å². The molecule has 0 spiro atoms. The number of carbonyl (C=O) groups is 2. The SMILES string of the molecule is CCOCC1(c2cccc3ccccc23)NC(=O)NC1=O. The summed E-state index contributed by atoms with van der Waals surface area (Å²) in [6.45, 7) is 2.43. The van der Waals surface area contributed by atoms with Crippen LogP contribution >= 0.6 is 0 Å². The molecule has 3 rings (SSSR count). The number of benzene rings is 2. The lowest BCUT2D eigenvalue weighted by Gasteiger charge is -2.27. The second kappa shape index (κ2) is 5.18. The summed E-state index contributed by atoms with van der Waals surface area (Å²) in [6, 6.07) is 13.0. The molecule has 0 saturated carbocycles. The normalized spacial score (nSPS) is 21.4. The Morgan fingerprint density at radius 3 is 2.57 bits per heavy atom. The molecule has 1 heterocycles. The summed E-state index contributed by atoms with van der Waals surface area (Å²) in [5.41, 5.74) is -0.425. The molecular weight excluding hydrogens is 268 g/mol. The molecule has 1 aliphatic heterocycles. The van der Waals surface area contributed by atoms with Gasteiger partial charge in [-0.05, 0) is 23.3 Å². The summed E-state index contributed by atoms with van der Waals surface area (Å²) >= 11 is 0. The van der Waals surface area contributed by atoms with Crippen molar-refractivity contribution in [1.82, 2.24) is 10.6 Å². The number of carbonyl (C=O) groups excluding carboxylic acids is 2. The first-order valence-electron chi connectivity index (χ1n) is 6.87. The molecule has 108 valence electrons.